The summed E-state index contributed by atoms with van der Waals surface area (Å²) in [6.45, 7) is 0.685. The highest BCUT2D eigenvalue weighted by atomic mass is 19.1. The molecule has 0 amide bonds. The minimum atomic E-state index is -0.893. The lowest BCUT2D eigenvalue weighted by molar-refractivity contribution is 0.242. The van der Waals surface area contributed by atoms with E-state index in [9.17, 15) is 8.78 Å². The van der Waals surface area contributed by atoms with Crippen LogP contribution >= 0.6 is 0 Å². The lowest BCUT2D eigenvalue weighted by Crippen LogP contribution is -2.20. The molecule has 18 heavy (non-hydrogen) atoms. The first-order valence-electron chi connectivity index (χ1n) is 5.20. The van der Waals surface area contributed by atoms with Gasteiger partial charge in [-0.25, -0.2) is 8.78 Å². The summed E-state index contributed by atoms with van der Waals surface area (Å²) in [7, 11) is 3.63. The van der Waals surface area contributed by atoms with Crippen LogP contribution in [0.4, 0.5) is 8.78 Å². The molecule has 0 radical (unpaired) electrons. The summed E-state index contributed by atoms with van der Waals surface area (Å²) in [6, 6.07) is 1.90. The van der Waals surface area contributed by atoms with Gasteiger partial charge in [0, 0.05) is 12.1 Å². The van der Waals surface area contributed by atoms with E-state index in [4.69, 9.17) is 15.7 Å². The predicted octanol–water partition coefficient (Wildman–Crippen LogP) is 1.000. The number of nitrogens with zero attached hydrogens (tertiary/aromatic N) is 2. The second kappa shape index (κ2) is 6.15. The maximum atomic E-state index is 13.6. The van der Waals surface area contributed by atoms with Gasteiger partial charge in [0.15, 0.2) is 23.2 Å². The molecule has 0 aromatic heterocycles. The average Bonchev–Trinajstić information content (AvgIpc) is 2.31. The van der Waals surface area contributed by atoms with Crippen molar-refractivity contribution >= 4 is 5.84 Å². The molecule has 0 bridgehead atoms. The standard InChI is InChI=1S/C11H15F2N3O2/c1-16(2)3-4-18-10-8(12)5-7(6-9(10)13)11(14)15-17/h5-6,17H,3-4H2,1-2H3,(H2,14,15). The monoisotopic (exact) mass is 259 g/mol. The van der Waals surface area contributed by atoms with Crippen LogP contribution in [0, 0.1) is 11.6 Å². The average molecular weight is 259 g/mol. The van der Waals surface area contributed by atoms with Gasteiger partial charge in [-0.15, -0.1) is 0 Å². The third-order valence-corrected chi connectivity index (χ3v) is 2.19. The van der Waals surface area contributed by atoms with Gasteiger partial charge in [-0.2, -0.15) is 0 Å². The summed E-state index contributed by atoms with van der Waals surface area (Å²) in [6.07, 6.45) is 0. The van der Waals surface area contributed by atoms with Gasteiger partial charge < -0.3 is 20.6 Å². The number of oxime groups is 1. The van der Waals surface area contributed by atoms with Crippen molar-refractivity contribution in [2.45, 2.75) is 0 Å². The molecule has 0 aliphatic carbocycles. The van der Waals surface area contributed by atoms with Crippen molar-refractivity contribution in [3.8, 4) is 5.75 Å². The molecule has 0 spiro atoms. The molecular formula is C11H15F2N3O2. The van der Waals surface area contributed by atoms with Crippen LogP contribution in [0.1, 0.15) is 5.56 Å². The summed E-state index contributed by atoms with van der Waals surface area (Å²) < 4.78 is 32.1. The molecule has 0 fully saturated rings. The van der Waals surface area contributed by atoms with Crippen LogP contribution in [0.25, 0.3) is 0 Å². The number of likely N-dealkylation sites (N-methyl/N-ethyl adjacent to an activating group) is 1. The van der Waals surface area contributed by atoms with Gasteiger partial charge in [0.1, 0.15) is 6.61 Å². The van der Waals surface area contributed by atoms with Crippen LogP contribution in [0.3, 0.4) is 0 Å². The van der Waals surface area contributed by atoms with Gasteiger partial charge >= 0.3 is 0 Å². The second-order valence-electron chi connectivity index (χ2n) is 3.91. The minimum absolute atomic E-state index is 0.0486. The fraction of sp³-hybridized carbons (Fsp3) is 0.364. The Labute approximate surface area is 103 Å². The van der Waals surface area contributed by atoms with E-state index in [1.807, 2.05) is 19.0 Å². The molecule has 0 saturated heterocycles. The topological polar surface area (TPSA) is 71.1 Å². The van der Waals surface area contributed by atoms with Gasteiger partial charge in [-0.05, 0) is 26.2 Å². The zero-order valence-corrected chi connectivity index (χ0v) is 10.2. The molecule has 0 aliphatic rings. The first-order valence-corrected chi connectivity index (χ1v) is 5.20. The van der Waals surface area contributed by atoms with E-state index in [0.29, 0.717) is 6.54 Å². The van der Waals surface area contributed by atoms with Gasteiger partial charge in [-0.1, -0.05) is 5.16 Å². The molecule has 100 valence electrons. The Morgan fingerprint density at radius 3 is 2.39 bits per heavy atom. The normalized spacial score (nSPS) is 11.9. The van der Waals surface area contributed by atoms with Crippen molar-refractivity contribution in [1.82, 2.24) is 4.90 Å². The number of halogens is 2. The van der Waals surface area contributed by atoms with Crippen molar-refractivity contribution in [3.05, 3.63) is 29.3 Å². The number of amidine groups is 1. The van der Waals surface area contributed by atoms with E-state index in [1.54, 1.807) is 0 Å². The number of ether oxygens (including phenoxy) is 1. The molecule has 1 aromatic carbocycles. The highest BCUT2D eigenvalue weighted by Crippen LogP contribution is 2.23. The number of hydrogen-bond donors (Lipinski definition) is 2. The SMILES string of the molecule is CN(C)CCOc1c(F)cc(C(N)=NO)cc1F. The van der Waals surface area contributed by atoms with Crippen molar-refractivity contribution < 1.29 is 18.7 Å². The maximum absolute atomic E-state index is 13.6. The van der Waals surface area contributed by atoms with Crippen LogP contribution in [-0.2, 0) is 0 Å². The molecule has 3 N–H and O–H groups in total. The van der Waals surface area contributed by atoms with Crippen LogP contribution < -0.4 is 10.5 Å². The van der Waals surface area contributed by atoms with E-state index in [-0.39, 0.29) is 18.0 Å². The molecule has 0 heterocycles. The number of rotatable bonds is 5. The van der Waals surface area contributed by atoms with Crippen LogP contribution in [0.5, 0.6) is 5.75 Å². The van der Waals surface area contributed by atoms with Crippen molar-refractivity contribution in [2.75, 3.05) is 27.2 Å². The molecule has 1 rings (SSSR count). The first kappa shape index (κ1) is 14.2. The lowest BCUT2D eigenvalue weighted by Gasteiger charge is -2.12. The maximum Gasteiger partial charge on any atom is 0.190 e. The second-order valence-corrected chi connectivity index (χ2v) is 3.91. The summed E-state index contributed by atoms with van der Waals surface area (Å²) in [5.74, 6) is -2.62. The van der Waals surface area contributed by atoms with Crippen molar-refractivity contribution in [2.24, 2.45) is 10.9 Å². The summed E-state index contributed by atoms with van der Waals surface area (Å²) in [4.78, 5) is 1.82. The molecule has 0 saturated carbocycles. The zero-order valence-electron chi connectivity index (χ0n) is 10.2. The van der Waals surface area contributed by atoms with Crippen LogP contribution in [0.2, 0.25) is 0 Å². The zero-order chi connectivity index (χ0) is 13.7. The van der Waals surface area contributed by atoms with Crippen LogP contribution in [-0.4, -0.2) is 43.2 Å². The molecule has 0 unspecified atom stereocenters. The van der Waals surface area contributed by atoms with Crippen LogP contribution in [0.15, 0.2) is 17.3 Å². The number of benzene rings is 1. The Balaban J connectivity index is 2.88. The molecule has 7 heteroatoms. The van der Waals surface area contributed by atoms with E-state index in [2.05, 4.69) is 5.16 Å². The van der Waals surface area contributed by atoms with Gasteiger partial charge in [0.05, 0.1) is 0 Å². The minimum Gasteiger partial charge on any atom is -0.486 e. The highest BCUT2D eigenvalue weighted by molar-refractivity contribution is 5.97. The van der Waals surface area contributed by atoms with E-state index < -0.39 is 17.4 Å². The van der Waals surface area contributed by atoms with Crippen molar-refractivity contribution in [1.29, 1.82) is 0 Å². The molecular weight excluding hydrogens is 244 g/mol. The lowest BCUT2D eigenvalue weighted by atomic mass is 10.2. The van der Waals surface area contributed by atoms with E-state index in [1.165, 1.54) is 0 Å². The fourth-order valence-electron chi connectivity index (χ4n) is 1.23. The Bertz CT molecular complexity index is 427. The van der Waals surface area contributed by atoms with E-state index >= 15 is 0 Å². The summed E-state index contributed by atoms with van der Waals surface area (Å²) in [5, 5.41) is 11.1. The van der Waals surface area contributed by atoms with Gasteiger partial charge in [-0.3, -0.25) is 0 Å². The first-order chi connectivity index (χ1) is 8.45. The molecule has 1 aromatic rings. The molecule has 0 aliphatic heterocycles. The third-order valence-electron chi connectivity index (χ3n) is 2.19. The Morgan fingerprint density at radius 2 is 1.94 bits per heavy atom. The molecule has 5 nitrogen and oxygen atoms in total. The quantitative estimate of drug-likeness (QED) is 0.358. The van der Waals surface area contributed by atoms with Crippen molar-refractivity contribution in [3.63, 3.8) is 0 Å². The fourth-order valence-corrected chi connectivity index (χ4v) is 1.23. The Morgan fingerprint density at radius 1 is 1.39 bits per heavy atom. The number of nitrogens with two attached hydrogens (primary N) is 1. The third kappa shape index (κ3) is 3.56. The Hall–Kier alpha value is -1.89. The smallest absolute Gasteiger partial charge is 0.190 e. The Kier molecular flexibility index (Phi) is 4.85. The largest absolute Gasteiger partial charge is 0.486 e. The molecule has 0 atom stereocenters. The predicted molar refractivity (Wildman–Crippen MR) is 62.9 cm³/mol. The highest BCUT2D eigenvalue weighted by Gasteiger charge is 2.14. The van der Waals surface area contributed by atoms with Gasteiger partial charge in [0.25, 0.3) is 0 Å². The number of hydrogen-bond acceptors (Lipinski definition) is 4. The van der Waals surface area contributed by atoms with Gasteiger partial charge in [0.2, 0.25) is 0 Å². The van der Waals surface area contributed by atoms with E-state index in [0.717, 1.165) is 12.1 Å². The summed E-state index contributed by atoms with van der Waals surface area (Å²) in [5.41, 5.74) is 5.19. The summed E-state index contributed by atoms with van der Waals surface area (Å²) >= 11 is 0.